The minimum atomic E-state index is 0.643. The van der Waals surface area contributed by atoms with Gasteiger partial charge < -0.3 is 4.57 Å². The highest BCUT2D eigenvalue weighted by atomic mass is 35.5. The van der Waals surface area contributed by atoms with Gasteiger partial charge in [-0.1, -0.05) is 42.0 Å². The fraction of sp³-hybridized carbons (Fsp3) is 0.182. The van der Waals surface area contributed by atoms with E-state index in [1.54, 1.807) is 12.5 Å². The predicted molar refractivity (Wildman–Crippen MR) is 108 cm³/mol. The summed E-state index contributed by atoms with van der Waals surface area (Å²) in [6.07, 6.45) is 18.8. The molecule has 26 heavy (non-hydrogen) atoms. The molecule has 4 heteroatoms. The highest BCUT2D eigenvalue weighted by Gasteiger charge is 2.13. The van der Waals surface area contributed by atoms with Crippen molar-refractivity contribution in [2.45, 2.75) is 26.2 Å². The number of hydrogen-bond donors (Lipinski definition) is 0. The summed E-state index contributed by atoms with van der Waals surface area (Å²) < 4.78 is 1.97. The van der Waals surface area contributed by atoms with Crippen molar-refractivity contribution in [3.63, 3.8) is 0 Å². The van der Waals surface area contributed by atoms with Crippen molar-refractivity contribution in [2.75, 3.05) is 0 Å². The van der Waals surface area contributed by atoms with Crippen LogP contribution < -0.4 is 0 Å². The van der Waals surface area contributed by atoms with Gasteiger partial charge in [0.15, 0.2) is 0 Å². The molecule has 0 saturated carbocycles. The fourth-order valence-electron chi connectivity index (χ4n) is 3.00. The molecule has 130 valence electrons. The number of nitrogens with zero attached hydrogens (tertiary/aromatic N) is 3. The average molecular weight is 362 g/mol. The van der Waals surface area contributed by atoms with Gasteiger partial charge in [-0.25, -0.2) is 4.98 Å². The first-order valence-electron chi connectivity index (χ1n) is 8.66. The minimum Gasteiger partial charge on any atom is -0.307 e. The normalized spacial score (nSPS) is 19.3. The first kappa shape index (κ1) is 18.0. The molecule has 0 saturated heterocycles. The second-order valence-electron chi connectivity index (χ2n) is 6.05. The highest BCUT2D eigenvalue weighted by Crippen LogP contribution is 2.33. The van der Waals surface area contributed by atoms with Gasteiger partial charge >= 0.3 is 0 Å². The Labute approximate surface area is 159 Å². The van der Waals surface area contributed by atoms with Gasteiger partial charge in [-0.2, -0.15) is 5.26 Å². The molecule has 0 N–H and O–H groups in total. The number of halogens is 1. The smallest absolute Gasteiger partial charge is 0.0991 e. The molecule has 1 aromatic carbocycles. The summed E-state index contributed by atoms with van der Waals surface area (Å²) >= 11 is 6.75. The molecule has 3 rings (SSSR count). The molecular formula is C22H20ClN3. The lowest BCUT2D eigenvalue weighted by molar-refractivity contribution is 0.867. The van der Waals surface area contributed by atoms with Crippen LogP contribution in [0.2, 0.25) is 0 Å². The van der Waals surface area contributed by atoms with E-state index in [0.717, 1.165) is 41.7 Å². The van der Waals surface area contributed by atoms with Gasteiger partial charge in [-0.05, 0) is 61.1 Å². The number of imidazole rings is 1. The molecule has 0 amide bonds. The number of hydrogen-bond acceptors (Lipinski definition) is 2. The van der Waals surface area contributed by atoms with Gasteiger partial charge in [0.1, 0.15) is 0 Å². The summed E-state index contributed by atoms with van der Waals surface area (Å²) in [7, 11) is 0. The van der Waals surface area contributed by atoms with Crippen LogP contribution >= 0.6 is 11.6 Å². The summed E-state index contributed by atoms with van der Waals surface area (Å²) in [6.45, 7) is 1.97. The third-order valence-corrected chi connectivity index (χ3v) is 4.57. The molecule has 0 unspecified atom stereocenters. The van der Waals surface area contributed by atoms with Crippen LogP contribution in [0.25, 0.3) is 17.3 Å². The maximum Gasteiger partial charge on any atom is 0.0991 e. The predicted octanol–water partition coefficient (Wildman–Crippen LogP) is 6.02. The lowest BCUT2D eigenvalue weighted by Gasteiger charge is -2.12. The molecule has 0 atom stereocenters. The molecule has 1 aliphatic carbocycles. The zero-order chi connectivity index (χ0) is 18.4. The van der Waals surface area contributed by atoms with Crippen LogP contribution in [0.15, 0.2) is 66.3 Å². The number of aromatic nitrogens is 2. The number of benzene rings is 1. The Bertz CT molecular complexity index is 938. The van der Waals surface area contributed by atoms with Crippen LogP contribution in [0.1, 0.15) is 42.9 Å². The summed E-state index contributed by atoms with van der Waals surface area (Å²) in [5.74, 6) is 0. The molecule has 0 bridgehead atoms. The Morgan fingerprint density at radius 2 is 2.12 bits per heavy atom. The Balaban J connectivity index is 2.09. The van der Waals surface area contributed by atoms with Gasteiger partial charge in [-0.3, -0.25) is 0 Å². The maximum absolute atomic E-state index is 9.20. The lowest BCUT2D eigenvalue weighted by Crippen LogP contribution is -1.94. The molecule has 0 spiro atoms. The Morgan fingerprint density at radius 1 is 1.27 bits per heavy atom. The molecule has 3 nitrogen and oxygen atoms in total. The molecular weight excluding hydrogens is 342 g/mol. The van der Waals surface area contributed by atoms with Crippen molar-refractivity contribution < 1.29 is 0 Å². The first-order chi connectivity index (χ1) is 12.7. The number of nitriles is 1. The van der Waals surface area contributed by atoms with E-state index in [4.69, 9.17) is 11.6 Å². The Morgan fingerprint density at radius 3 is 2.85 bits per heavy atom. The van der Waals surface area contributed by atoms with Gasteiger partial charge in [0.2, 0.25) is 0 Å². The van der Waals surface area contributed by atoms with Crippen molar-refractivity contribution in [3.05, 3.63) is 82.9 Å². The van der Waals surface area contributed by atoms with Gasteiger partial charge in [0.05, 0.1) is 23.0 Å². The molecule has 1 aliphatic rings. The van der Waals surface area contributed by atoms with E-state index in [-0.39, 0.29) is 0 Å². The van der Waals surface area contributed by atoms with Crippen molar-refractivity contribution in [2.24, 2.45) is 0 Å². The summed E-state index contributed by atoms with van der Waals surface area (Å²) in [5.41, 5.74) is 4.69. The summed E-state index contributed by atoms with van der Waals surface area (Å²) in [6, 6.07) is 7.93. The average Bonchev–Trinajstić information content (AvgIpc) is 3.20. The van der Waals surface area contributed by atoms with E-state index >= 15 is 0 Å². The number of rotatable bonds is 3. The second kappa shape index (κ2) is 8.51. The lowest BCUT2D eigenvalue weighted by atomic mass is 9.95. The van der Waals surface area contributed by atoms with Crippen LogP contribution in [0.3, 0.4) is 0 Å². The monoisotopic (exact) mass is 361 g/mol. The largest absolute Gasteiger partial charge is 0.307 e. The van der Waals surface area contributed by atoms with Crippen LogP contribution in [0.4, 0.5) is 0 Å². The Kier molecular flexibility index (Phi) is 5.88. The fourth-order valence-corrected chi connectivity index (χ4v) is 3.29. The SMILES string of the molecule is C/C=C/c1cc(C#N)ccc1C1=C\CCCC=C(n2ccnc2)/C=C\1Cl. The standard InChI is InChI=1S/C22H20ClN3/c1-2-6-18-13-17(15-24)9-10-20(18)21-8-5-3-4-7-19(14-22(21)23)26-12-11-25-16-26/h2,6-14,16H,3-5H2,1H3/b6-2+,19-7?,21-8+,22-14+. The summed E-state index contributed by atoms with van der Waals surface area (Å²) in [4.78, 5) is 4.13. The van der Waals surface area contributed by atoms with Crippen LogP contribution in [0, 0.1) is 11.3 Å². The van der Waals surface area contributed by atoms with E-state index in [9.17, 15) is 5.26 Å². The molecule has 0 fully saturated rings. The zero-order valence-electron chi connectivity index (χ0n) is 14.7. The topological polar surface area (TPSA) is 41.6 Å². The molecule has 1 heterocycles. The molecule has 0 radical (unpaired) electrons. The zero-order valence-corrected chi connectivity index (χ0v) is 15.4. The van der Waals surface area contributed by atoms with E-state index < -0.39 is 0 Å². The third kappa shape index (κ3) is 4.04. The molecule has 1 aromatic heterocycles. The van der Waals surface area contributed by atoms with Gasteiger partial charge in [-0.15, -0.1) is 0 Å². The van der Waals surface area contributed by atoms with Crippen LogP contribution in [0.5, 0.6) is 0 Å². The van der Waals surface area contributed by atoms with Crippen molar-refractivity contribution >= 4 is 28.9 Å². The second-order valence-corrected chi connectivity index (χ2v) is 6.46. The highest BCUT2D eigenvalue weighted by molar-refractivity contribution is 6.37. The Hall–Kier alpha value is -2.83. The van der Waals surface area contributed by atoms with Gasteiger partial charge in [0, 0.05) is 18.1 Å². The third-order valence-electron chi connectivity index (χ3n) is 4.26. The van der Waals surface area contributed by atoms with Crippen molar-refractivity contribution in [1.29, 1.82) is 5.26 Å². The van der Waals surface area contributed by atoms with E-state index in [1.807, 2.05) is 54.1 Å². The molecule has 0 aliphatic heterocycles. The van der Waals surface area contributed by atoms with E-state index in [0.29, 0.717) is 10.6 Å². The summed E-state index contributed by atoms with van der Waals surface area (Å²) in [5, 5.41) is 9.88. The van der Waals surface area contributed by atoms with E-state index in [1.165, 1.54) is 0 Å². The van der Waals surface area contributed by atoms with Crippen molar-refractivity contribution in [3.8, 4) is 6.07 Å². The van der Waals surface area contributed by atoms with Crippen LogP contribution in [-0.2, 0) is 0 Å². The maximum atomic E-state index is 9.20. The quantitative estimate of drug-likeness (QED) is 0.670. The van der Waals surface area contributed by atoms with Gasteiger partial charge in [0.25, 0.3) is 0 Å². The van der Waals surface area contributed by atoms with Crippen LogP contribution in [-0.4, -0.2) is 9.55 Å². The van der Waals surface area contributed by atoms with Crippen molar-refractivity contribution in [1.82, 2.24) is 9.55 Å². The first-order valence-corrected chi connectivity index (χ1v) is 9.04. The number of allylic oxidation sites excluding steroid dienone is 7. The van der Waals surface area contributed by atoms with E-state index in [2.05, 4.69) is 23.2 Å². The minimum absolute atomic E-state index is 0.643. The molecule has 2 aromatic rings.